The van der Waals surface area contributed by atoms with E-state index < -0.39 is 0 Å². The Balaban J connectivity index is 3.54. The van der Waals surface area contributed by atoms with Crippen molar-refractivity contribution in [2.45, 2.75) is 32.3 Å². The van der Waals surface area contributed by atoms with E-state index in [0.717, 1.165) is 19.3 Å². The first kappa shape index (κ1) is 12.9. The SMILES string of the molecule is CCC(O)CC/C=C\C=C\C(=O)OC. The van der Waals surface area contributed by atoms with Crippen molar-refractivity contribution in [3.8, 4) is 0 Å². The number of aliphatic hydroxyl groups is 1. The van der Waals surface area contributed by atoms with Gasteiger partial charge in [0.05, 0.1) is 13.2 Å². The minimum absolute atomic E-state index is 0.218. The first-order valence-electron chi connectivity index (χ1n) is 4.80. The lowest BCUT2D eigenvalue weighted by atomic mass is 10.1. The Morgan fingerprint density at radius 1 is 1.50 bits per heavy atom. The summed E-state index contributed by atoms with van der Waals surface area (Å²) in [7, 11) is 1.34. The zero-order valence-corrected chi connectivity index (χ0v) is 8.77. The molecule has 0 aromatic carbocycles. The van der Waals surface area contributed by atoms with Crippen LogP contribution in [-0.4, -0.2) is 24.3 Å². The van der Waals surface area contributed by atoms with Crippen molar-refractivity contribution < 1.29 is 14.6 Å². The third kappa shape index (κ3) is 7.55. The van der Waals surface area contributed by atoms with Crippen LogP contribution in [0.15, 0.2) is 24.3 Å². The third-order valence-electron chi connectivity index (χ3n) is 1.82. The smallest absolute Gasteiger partial charge is 0.330 e. The number of rotatable bonds is 6. The largest absolute Gasteiger partial charge is 0.466 e. The highest BCUT2D eigenvalue weighted by Crippen LogP contribution is 2.01. The quantitative estimate of drug-likeness (QED) is 0.402. The summed E-state index contributed by atoms with van der Waals surface area (Å²) < 4.78 is 4.41. The standard InChI is InChI=1S/C11H18O3/c1-3-10(12)8-6-4-5-7-9-11(13)14-2/h4-5,7,9-10,12H,3,6,8H2,1-2H3/b5-4-,9-7+. The molecule has 0 rings (SSSR count). The molecule has 0 aliphatic carbocycles. The van der Waals surface area contributed by atoms with Crippen molar-refractivity contribution in [2.24, 2.45) is 0 Å². The van der Waals surface area contributed by atoms with Crippen molar-refractivity contribution in [2.75, 3.05) is 7.11 Å². The molecule has 0 heterocycles. The maximum atomic E-state index is 10.6. The molecule has 14 heavy (non-hydrogen) atoms. The van der Waals surface area contributed by atoms with E-state index in [1.807, 2.05) is 13.0 Å². The van der Waals surface area contributed by atoms with Gasteiger partial charge in [-0.1, -0.05) is 25.2 Å². The van der Waals surface area contributed by atoms with E-state index in [0.29, 0.717) is 0 Å². The fourth-order valence-corrected chi connectivity index (χ4v) is 0.870. The minimum Gasteiger partial charge on any atom is -0.466 e. The van der Waals surface area contributed by atoms with E-state index in [9.17, 15) is 9.90 Å². The van der Waals surface area contributed by atoms with Crippen molar-refractivity contribution in [1.82, 2.24) is 0 Å². The molecular weight excluding hydrogens is 180 g/mol. The number of allylic oxidation sites excluding steroid dienone is 3. The second-order valence-electron chi connectivity index (χ2n) is 2.95. The fraction of sp³-hybridized carbons (Fsp3) is 0.545. The van der Waals surface area contributed by atoms with E-state index in [2.05, 4.69) is 4.74 Å². The van der Waals surface area contributed by atoms with Crippen LogP contribution in [0.2, 0.25) is 0 Å². The number of ether oxygens (including phenoxy) is 1. The van der Waals surface area contributed by atoms with E-state index in [-0.39, 0.29) is 12.1 Å². The Bertz CT molecular complexity index is 207. The predicted molar refractivity (Wildman–Crippen MR) is 55.8 cm³/mol. The summed E-state index contributed by atoms with van der Waals surface area (Å²) in [5.74, 6) is -0.358. The van der Waals surface area contributed by atoms with Gasteiger partial charge in [-0.05, 0) is 19.3 Å². The lowest BCUT2D eigenvalue weighted by Gasteiger charge is -2.02. The number of aliphatic hydroxyl groups excluding tert-OH is 1. The normalized spacial score (nSPS) is 13.6. The van der Waals surface area contributed by atoms with Gasteiger partial charge in [0.2, 0.25) is 0 Å². The average molecular weight is 198 g/mol. The van der Waals surface area contributed by atoms with Gasteiger partial charge < -0.3 is 9.84 Å². The van der Waals surface area contributed by atoms with Gasteiger partial charge in [0.1, 0.15) is 0 Å². The van der Waals surface area contributed by atoms with Gasteiger partial charge in [0.25, 0.3) is 0 Å². The fourth-order valence-electron chi connectivity index (χ4n) is 0.870. The van der Waals surface area contributed by atoms with Crippen LogP contribution in [0.25, 0.3) is 0 Å². The predicted octanol–water partition coefficient (Wildman–Crippen LogP) is 1.82. The highest BCUT2D eigenvalue weighted by atomic mass is 16.5. The van der Waals surface area contributed by atoms with E-state index in [4.69, 9.17) is 0 Å². The minimum atomic E-state index is -0.358. The average Bonchev–Trinajstić information content (AvgIpc) is 2.22. The summed E-state index contributed by atoms with van der Waals surface area (Å²) in [6.45, 7) is 1.95. The van der Waals surface area contributed by atoms with E-state index in [1.165, 1.54) is 13.2 Å². The van der Waals surface area contributed by atoms with Gasteiger partial charge in [-0.25, -0.2) is 4.79 Å². The number of carbonyl (C=O) groups is 1. The molecule has 0 fully saturated rings. The highest BCUT2D eigenvalue weighted by molar-refractivity contribution is 5.82. The second-order valence-corrected chi connectivity index (χ2v) is 2.95. The Morgan fingerprint density at radius 3 is 2.79 bits per heavy atom. The summed E-state index contributed by atoms with van der Waals surface area (Å²) in [6, 6.07) is 0. The van der Waals surface area contributed by atoms with Gasteiger partial charge in [0, 0.05) is 6.08 Å². The molecule has 0 saturated carbocycles. The number of carbonyl (C=O) groups excluding carboxylic acids is 1. The van der Waals surface area contributed by atoms with Crippen LogP contribution in [0.1, 0.15) is 26.2 Å². The van der Waals surface area contributed by atoms with Crippen molar-refractivity contribution in [3.63, 3.8) is 0 Å². The molecule has 0 aromatic rings. The monoisotopic (exact) mass is 198 g/mol. The van der Waals surface area contributed by atoms with Gasteiger partial charge in [-0.3, -0.25) is 0 Å². The molecule has 0 radical (unpaired) electrons. The zero-order chi connectivity index (χ0) is 10.8. The molecule has 1 atom stereocenters. The molecule has 0 aromatic heterocycles. The molecular formula is C11H18O3. The van der Waals surface area contributed by atoms with Crippen molar-refractivity contribution >= 4 is 5.97 Å². The lowest BCUT2D eigenvalue weighted by Crippen LogP contribution is -2.02. The summed E-state index contributed by atoms with van der Waals surface area (Å²) in [5, 5.41) is 9.21. The lowest BCUT2D eigenvalue weighted by molar-refractivity contribution is -0.134. The third-order valence-corrected chi connectivity index (χ3v) is 1.82. The van der Waals surface area contributed by atoms with Crippen LogP contribution in [-0.2, 0) is 9.53 Å². The number of hydrogen-bond donors (Lipinski definition) is 1. The molecule has 3 nitrogen and oxygen atoms in total. The van der Waals surface area contributed by atoms with Gasteiger partial charge in [-0.15, -0.1) is 0 Å². The van der Waals surface area contributed by atoms with Gasteiger partial charge in [-0.2, -0.15) is 0 Å². The molecule has 0 amide bonds. The maximum absolute atomic E-state index is 10.6. The summed E-state index contributed by atoms with van der Waals surface area (Å²) in [6.07, 6.45) is 8.82. The first-order chi connectivity index (χ1) is 6.70. The number of esters is 1. The molecule has 0 spiro atoms. The highest BCUT2D eigenvalue weighted by Gasteiger charge is 1.96. The summed E-state index contributed by atoms with van der Waals surface area (Å²) >= 11 is 0. The van der Waals surface area contributed by atoms with E-state index >= 15 is 0 Å². The summed E-state index contributed by atoms with van der Waals surface area (Å²) in [5.41, 5.74) is 0. The van der Waals surface area contributed by atoms with Crippen LogP contribution in [0.3, 0.4) is 0 Å². The van der Waals surface area contributed by atoms with Crippen LogP contribution < -0.4 is 0 Å². The van der Waals surface area contributed by atoms with Crippen LogP contribution in [0.5, 0.6) is 0 Å². The Hall–Kier alpha value is -1.09. The van der Waals surface area contributed by atoms with Crippen molar-refractivity contribution in [3.05, 3.63) is 24.3 Å². The number of hydrogen-bond acceptors (Lipinski definition) is 3. The van der Waals surface area contributed by atoms with Crippen LogP contribution in [0.4, 0.5) is 0 Å². The van der Waals surface area contributed by atoms with E-state index in [1.54, 1.807) is 12.2 Å². The van der Waals surface area contributed by atoms with Gasteiger partial charge >= 0.3 is 5.97 Å². The van der Waals surface area contributed by atoms with Crippen LogP contribution in [0, 0.1) is 0 Å². The second kappa shape index (κ2) is 8.51. The molecule has 1 N–H and O–H groups in total. The Labute approximate surface area is 85.1 Å². The molecule has 3 heteroatoms. The molecule has 0 aliphatic heterocycles. The Morgan fingerprint density at radius 2 is 2.21 bits per heavy atom. The number of methoxy groups -OCH3 is 1. The topological polar surface area (TPSA) is 46.5 Å². The van der Waals surface area contributed by atoms with Gasteiger partial charge in [0.15, 0.2) is 0 Å². The molecule has 0 bridgehead atoms. The van der Waals surface area contributed by atoms with Crippen LogP contribution >= 0.6 is 0 Å². The molecule has 1 unspecified atom stereocenters. The maximum Gasteiger partial charge on any atom is 0.330 e. The molecule has 0 aliphatic rings. The Kier molecular flexibility index (Phi) is 7.84. The molecule has 80 valence electrons. The zero-order valence-electron chi connectivity index (χ0n) is 8.77. The molecule has 0 saturated heterocycles. The van der Waals surface area contributed by atoms with Crippen molar-refractivity contribution in [1.29, 1.82) is 0 Å². The first-order valence-corrected chi connectivity index (χ1v) is 4.80. The summed E-state index contributed by atoms with van der Waals surface area (Å²) in [4.78, 5) is 10.6.